The molecule has 1 heterocycles. The summed E-state index contributed by atoms with van der Waals surface area (Å²) in [7, 11) is 4.57. The first-order valence-corrected chi connectivity index (χ1v) is 8.67. The van der Waals surface area contributed by atoms with Gasteiger partial charge in [-0.2, -0.15) is 0 Å². The molecule has 1 aromatic heterocycles. The number of aromatic nitrogens is 1. The highest BCUT2D eigenvalue weighted by atomic mass is 35.5. The summed E-state index contributed by atoms with van der Waals surface area (Å²) in [6.45, 7) is 0. The summed E-state index contributed by atoms with van der Waals surface area (Å²) in [5.74, 6) is 0.489. The van der Waals surface area contributed by atoms with Gasteiger partial charge < -0.3 is 24.3 Å². The van der Waals surface area contributed by atoms with Crippen LogP contribution in [0.2, 0.25) is 10.0 Å². The first kappa shape index (κ1) is 19.2. The van der Waals surface area contributed by atoms with E-state index in [1.807, 2.05) is 0 Å². The Morgan fingerprint density at radius 2 is 1.63 bits per heavy atom. The van der Waals surface area contributed by atoms with E-state index in [1.165, 1.54) is 21.3 Å². The fourth-order valence-corrected chi connectivity index (χ4v) is 3.70. The molecule has 2 N–H and O–H groups in total. The molecule has 0 amide bonds. The van der Waals surface area contributed by atoms with Crippen molar-refractivity contribution >= 4 is 40.1 Å². The molecule has 0 aliphatic rings. The Balaban J connectivity index is 2.37. The number of aromatic amines is 1. The van der Waals surface area contributed by atoms with E-state index in [9.17, 15) is 9.90 Å². The molecule has 0 unspecified atom stereocenters. The van der Waals surface area contributed by atoms with Crippen molar-refractivity contribution in [2.24, 2.45) is 0 Å². The highest BCUT2D eigenvalue weighted by molar-refractivity contribution is 6.39. The van der Waals surface area contributed by atoms with Gasteiger partial charge in [0.25, 0.3) is 0 Å². The molecule has 27 heavy (non-hydrogen) atoms. The van der Waals surface area contributed by atoms with Gasteiger partial charge in [-0.15, -0.1) is 0 Å². The number of nitrogens with one attached hydrogen (secondary N) is 1. The molecule has 8 heteroatoms. The van der Waals surface area contributed by atoms with Crippen LogP contribution in [0.1, 0.15) is 5.56 Å². The van der Waals surface area contributed by atoms with Gasteiger partial charge in [-0.3, -0.25) is 4.79 Å². The van der Waals surface area contributed by atoms with Gasteiger partial charge in [0, 0.05) is 27.6 Å². The van der Waals surface area contributed by atoms with Crippen molar-refractivity contribution in [2.45, 2.75) is 6.42 Å². The molecule has 0 radical (unpaired) electrons. The second-order valence-corrected chi connectivity index (χ2v) is 6.61. The van der Waals surface area contributed by atoms with Crippen molar-refractivity contribution in [1.82, 2.24) is 4.98 Å². The van der Waals surface area contributed by atoms with E-state index in [-0.39, 0.29) is 6.42 Å². The van der Waals surface area contributed by atoms with Crippen molar-refractivity contribution in [2.75, 3.05) is 21.3 Å². The average molecular weight is 410 g/mol. The summed E-state index contributed by atoms with van der Waals surface area (Å²) < 4.78 is 16.2. The predicted molar refractivity (Wildman–Crippen MR) is 105 cm³/mol. The van der Waals surface area contributed by atoms with Crippen LogP contribution in [0, 0.1) is 0 Å². The second kappa shape index (κ2) is 7.58. The van der Waals surface area contributed by atoms with E-state index in [4.69, 9.17) is 37.4 Å². The molecule has 0 atom stereocenters. The molecule has 0 fully saturated rings. The third-order valence-corrected chi connectivity index (χ3v) is 4.74. The van der Waals surface area contributed by atoms with Crippen LogP contribution in [0.15, 0.2) is 24.3 Å². The molecule has 3 rings (SSSR count). The van der Waals surface area contributed by atoms with Gasteiger partial charge in [0.05, 0.1) is 38.5 Å². The zero-order chi connectivity index (χ0) is 19.7. The van der Waals surface area contributed by atoms with Gasteiger partial charge in [-0.05, 0) is 23.8 Å². The second-order valence-electron chi connectivity index (χ2n) is 5.77. The Morgan fingerprint density at radius 1 is 1.00 bits per heavy atom. The summed E-state index contributed by atoms with van der Waals surface area (Å²) in [6.07, 6.45) is -0.228. The predicted octanol–water partition coefficient (Wildman–Crippen LogP) is 4.79. The number of halogens is 2. The number of carboxylic acid groups (broad SMARTS) is 1. The Bertz CT molecular complexity index is 1030. The number of hydrogen-bond acceptors (Lipinski definition) is 4. The van der Waals surface area contributed by atoms with Crippen LogP contribution >= 0.6 is 23.2 Å². The van der Waals surface area contributed by atoms with Gasteiger partial charge in [0.15, 0.2) is 11.5 Å². The van der Waals surface area contributed by atoms with Crippen LogP contribution < -0.4 is 14.2 Å². The number of ether oxygens (including phenoxy) is 3. The number of rotatable bonds is 6. The van der Waals surface area contributed by atoms with Crippen LogP contribution in [0.3, 0.4) is 0 Å². The number of H-pyrrole nitrogens is 1. The van der Waals surface area contributed by atoms with Gasteiger partial charge in [-0.25, -0.2) is 0 Å². The van der Waals surface area contributed by atoms with Gasteiger partial charge in [0.1, 0.15) is 5.75 Å². The Morgan fingerprint density at radius 3 is 2.22 bits per heavy atom. The topological polar surface area (TPSA) is 80.8 Å². The van der Waals surface area contributed by atoms with Crippen LogP contribution in [-0.4, -0.2) is 37.4 Å². The molecule has 0 aliphatic heterocycles. The molecule has 142 valence electrons. The SMILES string of the molecule is COc1cc(OC)c(-c2[nH]c3cc(Cl)cc(Cl)c3c2CC(=O)O)cc1OC. The average Bonchev–Trinajstić information content (AvgIpc) is 2.97. The van der Waals surface area contributed by atoms with E-state index in [1.54, 1.807) is 24.3 Å². The van der Waals surface area contributed by atoms with E-state index in [2.05, 4.69) is 4.98 Å². The van der Waals surface area contributed by atoms with Crippen LogP contribution in [0.5, 0.6) is 17.2 Å². The molecule has 2 aromatic carbocycles. The van der Waals surface area contributed by atoms with E-state index >= 15 is 0 Å². The first-order chi connectivity index (χ1) is 12.9. The zero-order valence-electron chi connectivity index (χ0n) is 14.9. The molecule has 0 spiro atoms. The van der Waals surface area contributed by atoms with Crippen molar-refractivity contribution in [1.29, 1.82) is 0 Å². The molecule has 0 aliphatic carbocycles. The summed E-state index contributed by atoms with van der Waals surface area (Å²) in [6, 6.07) is 6.69. The summed E-state index contributed by atoms with van der Waals surface area (Å²) in [5.41, 5.74) is 2.35. The van der Waals surface area contributed by atoms with Crippen LogP contribution in [-0.2, 0) is 11.2 Å². The van der Waals surface area contributed by atoms with Gasteiger partial charge in [-0.1, -0.05) is 23.2 Å². The fourth-order valence-electron chi connectivity index (χ4n) is 3.10. The molecule has 3 aromatic rings. The molecular formula is C19H17Cl2NO5. The van der Waals surface area contributed by atoms with Crippen molar-refractivity contribution < 1.29 is 24.1 Å². The third-order valence-electron chi connectivity index (χ3n) is 4.22. The van der Waals surface area contributed by atoms with E-state index in [0.717, 1.165) is 0 Å². The monoisotopic (exact) mass is 409 g/mol. The number of aliphatic carboxylic acids is 1. The fraction of sp³-hybridized carbons (Fsp3) is 0.211. The quantitative estimate of drug-likeness (QED) is 0.611. The lowest BCUT2D eigenvalue weighted by atomic mass is 10.0. The maximum absolute atomic E-state index is 11.5. The van der Waals surface area contributed by atoms with Crippen molar-refractivity contribution in [3.05, 3.63) is 39.9 Å². The minimum absolute atomic E-state index is 0.228. The highest BCUT2D eigenvalue weighted by Crippen LogP contribution is 2.44. The Labute approximate surface area is 165 Å². The largest absolute Gasteiger partial charge is 0.496 e. The third kappa shape index (κ3) is 3.50. The van der Waals surface area contributed by atoms with Crippen LogP contribution in [0.25, 0.3) is 22.2 Å². The normalized spacial score (nSPS) is 10.9. The Hall–Kier alpha value is -2.57. The molecule has 0 saturated heterocycles. The standard InChI is InChI=1S/C19H17Cl2NO5/c1-25-14-8-16(27-3)15(26-2)6-10(14)19-11(7-17(23)24)18-12(21)4-9(20)5-13(18)22-19/h4-6,8,22H,7H2,1-3H3,(H,23,24). The number of benzene rings is 2. The van der Waals surface area contributed by atoms with Crippen molar-refractivity contribution in [3.63, 3.8) is 0 Å². The lowest BCUT2D eigenvalue weighted by Crippen LogP contribution is -2.02. The number of carbonyl (C=O) groups is 1. The van der Waals surface area contributed by atoms with Gasteiger partial charge in [0.2, 0.25) is 0 Å². The summed E-state index contributed by atoms with van der Waals surface area (Å²) in [4.78, 5) is 14.7. The summed E-state index contributed by atoms with van der Waals surface area (Å²) in [5, 5.41) is 10.8. The highest BCUT2D eigenvalue weighted by Gasteiger charge is 2.22. The maximum atomic E-state index is 11.5. The molecule has 0 bridgehead atoms. The Kier molecular flexibility index (Phi) is 5.39. The van der Waals surface area contributed by atoms with Crippen LogP contribution in [0.4, 0.5) is 0 Å². The lowest BCUT2D eigenvalue weighted by molar-refractivity contribution is -0.136. The number of fused-ring (bicyclic) bond motifs is 1. The smallest absolute Gasteiger partial charge is 0.307 e. The van der Waals surface area contributed by atoms with E-state index in [0.29, 0.717) is 55.0 Å². The number of methoxy groups -OCH3 is 3. The lowest BCUT2D eigenvalue weighted by Gasteiger charge is -2.14. The zero-order valence-corrected chi connectivity index (χ0v) is 16.4. The minimum Gasteiger partial charge on any atom is -0.496 e. The molecular weight excluding hydrogens is 393 g/mol. The maximum Gasteiger partial charge on any atom is 0.307 e. The number of hydrogen-bond donors (Lipinski definition) is 2. The van der Waals surface area contributed by atoms with E-state index < -0.39 is 5.97 Å². The number of carboxylic acids is 1. The molecule has 0 saturated carbocycles. The first-order valence-electron chi connectivity index (χ1n) is 7.91. The minimum atomic E-state index is -0.984. The summed E-state index contributed by atoms with van der Waals surface area (Å²) >= 11 is 12.5. The van der Waals surface area contributed by atoms with Crippen molar-refractivity contribution in [3.8, 4) is 28.5 Å². The molecule has 6 nitrogen and oxygen atoms in total. The van der Waals surface area contributed by atoms with Gasteiger partial charge >= 0.3 is 5.97 Å².